The molecule has 0 aromatic carbocycles. The lowest BCUT2D eigenvalue weighted by atomic mass is 9.88. The minimum Gasteiger partial charge on any atom is -0.481 e. The van der Waals surface area contributed by atoms with Crippen molar-refractivity contribution in [1.82, 2.24) is 4.31 Å². The standard InChI is InChI=1S/C12H21NO2S/c1-11(2)7-5-8-12(3,4)13(11)16-9-6-10(14)15/h5,7H,6,8-9H2,1-4H3,(H,14,15). The first-order chi connectivity index (χ1) is 7.26. The fourth-order valence-corrected chi connectivity index (χ4v) is 3.40. The molecule has 0 aromatic rings. The summed E-state index contributed by atoms with van der Waals surface area (Å²) >= 11 is 1.64. The fraction of sp³-hybridized carbons (Fsp3) is 0.750. The lowest BCUT2D eigenvalue weighted by Crippen LogP contribution is -2.52. The zero-order valence-electron chi connectivity index (χ0n) is 10.5. The van der Waals surface area contributed by atoms with Crippen molar-refractivity contribution in [3.8, 4) is 0 Å². The van der Waals surface area contributed by atoms with E-state index in [9.17, 15) is 4.79 Å². The number of hydrogen-bond donors (Lipinski definition) is 1. The third kappa shape index (κ3) is 3.25. The van der Waals surface area contributed by atoms with Crippen molar-refractivity contribution in [3.05, 3.63) is 12.2 Å². The molecule has 92 valence electrons. The maximum atomic E-state index is 10.5. The van der Waals surface area contributed by atoms with Gasteiger partial charge < -0.3 is 5.11 Å². The van der Waals surface area contributed by atoms with E-state index in [2.05, 4.69) is 44.2 Å². The summed E-state index contributed by atoms with van der Waals surface area (Å²) in [6.07, 6.45) is 5.65. The van der Waals surface area contributed by atoms with Gasteiger partial charge in [0.15, 0.2) is 0 Å². The van der Waals surface area contributed by atoms with Gasteiger partial charge in [0.05, 0.1) is 6.42 Å². The molecule has 0 saturated carbocycles. The van der Waals surface area contributed by atoms with Gasteiger partial charge in [-0.15, -0.1) is 0 Å². The molecule has 0 spiro atoms. The molecule has 1 aliphatic heterocycles. The average molecular weight is 243 g/mol. The van der Waals surface area contributed by atoms with Crippen LogP contribution in [0, 0.1) is 0 Å². The molecule has 1 heterocycles. The maximum absolute atomic E-state index is 10.5. The topological polar surface area (TPSA) is 40.5 Å². The Bertz CT molecular complexity index is 297. The van der Waals surface area contributed by atoms with Crippen LogP contribution in [0.4, 0.5) is 0 Å². The van der Waals surface area contributed by atoms with Crippen molar-refractivity contribution in [3.63, 3.8) is 0 Å². The Morgan fingerprint density at radius 1 is 1.44 bits per heavy atom. The van der Waals surface area contributed by atoms with Crippen molar-refractivity contribution in [2.45, 2.75) is 51.6 Å². The van der Waals surface area contributed by atoms with Crippen molar-refractivity contribution < 1.29 is 9.90 Å². The molecule has 4 heteroatoms. The maximum Gasteiger partial charge on any atom is 0.304 e. The molecular formula is C12H21NO2S. The number of carboxylic acid groups (broad SMARTS) is 1. The molecule has 1 aliphatic rings. The van der Waals surface area contributed by atoms with Crippen LogP contribution in [0.5, 0.6) is 0 Å². The lowest BCUT2D eigenvalue weighted by molar-refractivity contribution is -0.136. The molecule has 0 saturated heterocycles. The van der Waals surface area contributed by atoms with Gasteiger partial charge in [-0.1, -0.05) is 24.1 Å². The van der Waals surface area contributed by atoms with Crippen LogP contribution in [0.2, 0.25) is 0 Å². The number of rotatable bonds is 4. The molecule has 16 heavy (non-hydrogen) atoms. The van der Waals surface area contributed by atoms with Crippen LogP contribution >= 0.6 is 11.9 Å². The zero-order valence-corrected chi connectivity index (χ0v) is 11.3. The van der Waals surface area contributed by atoms with Crippen LogP contribution in [0.3, 0.4) is 0 Å². The van der Waals surface area contributed by atoms with Crippen molar-refractivity contribution >= 4 is 17.9 Å². The summed E-state index contributed by atoms with van der Waals surface area (Å²) in [5.74, 6) is -0.0913. The van der Waals surface area contributed by atoms with Crippen LogP contribution in [0.25, 0.3) is 0 Å². The predicted octanol–water partition coefficient (Wildman–Crippen LogP) is 2.93. The van der Waals surface area contributed by atoms with Gasteiger partial charge in [0.2, 0.25) is 0 Å². The Morgan fingerprint density at radius 3 is 2.56 bits per heavy atom. The monoisotopic (exact) mass is 243 g/mol. The zero-order chi connectivity index (χ0) is 12.4. The molecule has 0 radical (unpaired) electrons. The van der Waals surface area contributed by atoms with Crippen LogP contribution in [-0.4, -0.2) is 32.2 Å². The van der Waals surface area contributed by atoms with Gasteiger partial charge in [-0.3, -0.25) is 4.79 Å². The van der Waals surface area contributed by atoms with Gasteiger partial charge in [-0.25, -0.2) is 4.31 Å². The van der Waals surface area contributed by atoms with Crippen LogP contribution in [-0.2, 0) is 4.79 Å². The summed E-state index contributed by atoms with van der Waals surface area (Å²) in [4.78, 5) is 10.5. The summed E-state index contributed by atoms with van der Waals surface area (Å²) in [7, 11) is 0. The third-order valence-electron chi connectivity index (χ3n) is 2.75. The van der Waals surface area contributed by atoms with E-state index in [4.69, 9.17) is 5.11 Å². The van der Waals surface area contributed by atoms with E-state index in [0.717, 1.165) is 6.42 Å². The minimum atomic E-state index is -0.726. The molecule has 0 aliphatic carbocycles. The summed E-state index contributed by atoms with van der Waals surface area (Å²) < 4.78 is 2.32. The van der Waals surface area contributed by atoms with Crippen LogP contribution < -0.4 is 0 Å². The minimum absolute atomic E-state index is 0.00901. The molecule has 0 bridgehead atoms. The van der Waals surface area contributed by atoms with Crippen molar-refractivity contribution in [1.29, 1.82) is 0 Å². The number of carboxylic acids is 1. The summed E-state index contributed by atoms with van der Waals surface area (Å²) in [5, 5.41) is 8.66. The SMILES string of the molecule is CC1(C)C=CCC(C)(C)N1SCCC(=O)O. The average Bonchev–Trinajstić information content (AvgIpc) is 2.08. The summed E-state index contributed by atoms with van der Waals surface area (Å²) in [6.45, 7) is 8.73. The smallest absolute Gasteiger partial charge is 0.304 e. The number of hydrogen-bond acceptors (Lipinski definition) is 3. The normalized spacial score (nSPS) is 23.2. The van der Waals surface area contributed by atoms with E-state index in [0.29, 0.717) is 5.75 Å². The first kappa shape index (κ1) is 13.6. The van der Waals surface area contributed by atoms with Crippen LogP contribution in [0.15, 0.2) is 12.2 Å². The predicted molar refractivity (Wildman–Crippen MR) is 68.5 cm³/mol. The Morgan fingerprint density at radius 2 is 2.06 bits per heavy atom. The van der Waals surface area contributed by atoms with E-state index in [-0.39, 0.29) is 17.5 Å². The quantitative estimate of drug-likeness (QED) is 0.609. The molecule has 1 N–H and O–H groups in total. The molecule has 0 amide bonds. The molecule has 1 rings (SSSR count). The second-order valence-electron chi connectivity index (χ2n) is 5.34. The molecule has 0 fully saturated rings. The first-order valence-corrected chi connectivity index (χ1v) is 6.53. The number of nitrogens with zero attached hydrogens (tertiary/aromatic N) is 1. The van der Waals surface area contributed by atoms with Crippen LogP contribution in [0.1, 0.15) is 40.5 Å². The first-order valence-electron chi connectivity index (χ1n) is 5.58. The second-order valence-corrected chi connectivity index (χ2v) is 6.38. The number of carbonyl (C=O) groups is 1. The van der Waals surface area contributed by atoms with Crippen molar-refractivity contribution in [2.24, 2.45) is 0 Å². The summed E-state index contributed by atoms with van der Waals surface area (Å²) in [5.41, 5.74) is 0.0757. The van der Waals surface area contributed by atoms with E-state index in [1.807, 2.05) is 0 Å². The largest absolute Gasteiger partial charge is 0.481 e. The van der Waals surface area contributed by atoms with Gasteiger partial charge in [0, 0.05) is 16.8 Å². The van der Waals surface area contributed by atoms with Gasteiger partial charge in [-0.05, 0) is 34.1 Å². The Kier molecular flexibility index (Phi) is 4.07. The van der Waals surface area contributed by atoms with Gasteiger partial charge in [-0.2, -0.15) is 0 Å². The van der Waals surface area contributed by atoms with E-state index < -0.39 is 5.97 Å². The molecule has 0 unspecified atom stereocenters. The molecular weight excluding hydrogens is 222 g/mol. The highest BCUT2D eigenvalue weighted by molar-refractivity contribution is 7.97. The Labute approximate surface area is 102 Å². The molecule has 3 nitrogen and oxygen atoms in total. The molecule has 0 aromatic heterocycles. The van der Waals surface area contributed by atoms with E-state index >= 15 is 0 Å². The number of aliphatic carboxylic acids is 1. The van der Waals surface area contributed by atoms with Gasteiger partial charge >= 0.3 is 5.97 Å². The molecule has 0 atom stereocenters. The van der Waals surface area contributed by atoms with Crippen molar-refractivity contribution in [2.75, 3.05) is 5.75 Å². The summed E-state index contributed by atoms with van der Waals surface area (Å²) in [6, 6.07) is 0. The second kappa shape index (κ2) is 4.80. The lowest BCUT2D eigenvalue weighted by Gasteiger charge is -2.48. The van der Waals surface area contributed by atoms with E-state index in [1.165, 1.54) is 0 Å². The van der Waals surface area contributed by atoms with Gasteiger partial charge in [0.1, 0.15) is 0 Å². The highest BCUT2D eigenvalue weighted by atomic mass is 32.2. The fourth-order valence-electron chi connectivity index (χ4n) is 2.13. The Hall–Kier alpha value is -0.480. The highest BCUT2D eigenvalue weighted by Crippen LogP contribution is 2.39. The highest BCUT2D eigenvalue weighted by Gasteiger charge is 2.38. The Balaban J connectivity index is 2.66. The van der Waals surface area contributed by atoms with Gasteiger partial charge in [0.25, 0.3) is 0 Å². The third-order valence-corrected chi connectivity index (χ3v) is 4.36. The van der Waals surface area contributed by atoms with E-state index in [1.54, 1.807) is 11.9 Å².